The zero-order valence-electron chi connectivity index (χ0n) is 26.5. The van der Waals surface area contributed by atoms with E-state index in [0.717, 1.165) is 22.7 Å². The first kappa shape index (κ1) is 28.3. The summed E-state index contributed by atoms with van der Waals surface area (Å²) >= 11 is 3.86. The van der Waals surface area contributed by atoms with Crippen LogP contribution in [0.4, 0.5) is 32.8 Å². The number of rotatable bonds is 6. The van der Waals surface area contributed by atoms with E-state index in [1.165, 1.54) is 53.1 Å². The van der Waals surface area contributed by atoms with Crippen LogP contribution in [-0.4, -0.2) is 0 Å². The lowest BCUT2D eigenvalue weighted by molar-refractivity contribution is 0.830. The maximum absolute atomic E-state index is 2.45. The SMILES string of the molecule is c1ccc(N(c2ccccc2)c2cc3c(s2)C2(c4ccccc4-c4ccccc42)c2sc(N(c4ccccc4)c4ccccc4)cc2-3)cc1. The Morgan fingerprint density at radius 3 is 0.980 bits per heavy atom. The lowest BCUT2D eigenvalue weighted by Gasteiger charge is -2.29. The fourth-order valence-electron chi connectivity index (χ4n) is 7.88. The minimum atomic E-state index is -0.401. The van der Waals surface area contributed by atoms with Crippen molar-refractivity contribution in [3.05, 3.63) is 203 Å². The molecule has 0 N–H and O–H groups in total. The number of thiophene rings is 2. The Morgan fingerprint density at radius 1 is 0.327 bits per heavy atom. The van der Waals surface area contributed by atoms with Crippen LogP contribution in [0, 0.1) is 0 Å². The maximum Gasteiger partial charge on any atom is 0.101 e. The van der Waals surface area contributed by atoms with Gasteiger partial charge in [0.05, 0.1) is 5.41 Å². The molecule has 1 spiro atoms. The molecular formula is C45H30N2S2. The summed E-state index contributed by atoms with van der Waals surface area (Å²) in [7, 11) is 0. The molecular weight excluding hydrogens is 633 g/mol. The molecule has 49 heavy (non-hydrogen) atoms. The van der Waals surface area contributed by atoms with Crippen LogP contribution >= 0.6 is 22.7 Å². The van der Waals surface area contributed by atoms with Gasteiger partial charge in [-0.1, -0.05) is 121 Å². The van der Waals surface area contributed by atoms with E-state index >= 15 is 0 Å². The topological polar surface area (TPSA) is 6.48 Å². The van der Waals surface area contributed by atoms with Gasteiger partial charge in [0.1, 0.15) is 10.0 Å². The summed E-state index contributed by atoms with van der Waals surface area (Å²) in [4.78, 5) is 7.62. The van der Waals surface area contributed by atoms with Crippen molar-refractivity contribution in [1.82, 2.24) is 0 Å². The summed E-state index contributed by atoms with van der Waals surface area (Å²) in [5.74, 6) is 0. The Balaban J connectivity index is 1.27. The van der Waals surface area contributed by atoms with Crippen LogP contribution in [-0.2, 0) is 5.41 Å². The molecule has 10 rings (SSSR count). The Kier molecular flexibility index (Phi) is 6.48. The van der Waals surface area contributed by atoms with Crippen molar-refractivity contribution < 1.29 is 0 Å². The largest absolute Gasteiger partial charge is 0.302 e. The van der Waals surface area contributed by atoms with Crippen molar-refractivity contribution in [3.8, 4) is 22.3 Å². The quantitative estimate of drug-likeness (QED) is 0.175. The van der Waals surface area contributed by atoms with E-state index in [1.807, 2.05) is 22.7 Å². The molecule has 0 unspecified atom stereocenters. The molecule has 232 valence electrons. The Labute approximate surface area is 294 Å². The molecule has 0 fully saturated rings. The van der Waals surface area contributed by atoms with E-state index in [2.05, 4.69) is 192 Å². The number of anilines is 6. The van der Waals surface area contributed by atoms with E-state index in [1.54, 1.807) is 0 Å². The predicted octanol–water partition coefficient (Wildman–Crippen LogP) is 13.1. The minimum Gasteiger partial charge on any atom is -0.302 e. The van der Waals surface area contributed by atoms with Crippen LogP contribution < -0.4 is 9.80 Å². The van der Waals surface area contributed by atoms with Gasteiger partial charge in [-0.3, -0.25) is 0 Å². The maximum atomic E-state index is 2.45. The van der Waals surface area contributed by atoms with Gasteiger partial charge in [-0.2, -0.15) is 0 Å². The van der Waals surface area contributed by atoms with Gasteiger partial charge in [-0.05, 0) is 82.9 Å². The molecule has 2 aliphatic rings. The Hall–Kier alpha value is -5.68. The van der Waals surface area contributed by atoms with E-state index in [0.29, 0.717) is 0 Å². The number of fused-ring (bicyclic) bond motifs is 10. The average molecular weight is 663 g/mol. The Bertz CT molecular complexity index is 2190. The molecule has 0 saturated carbocycles. The first-order chi connectivity index (χ1) is 24.3. The fraction of sp³-hybridized carbons (Fsp3) is 0.0222. The van der Waals surface area contributed by atoms with Gasteiger partial charge < -0.3 is 9.80 Å². The lowest BCUT2D eigenvalue weighted by Crippen LogP contribution is -2.24. The molecule has 2 nitrogen and oxygen atoms in total. The standard InChI is InChI=1S/C45H30N2S2/c1-5-17-31(18-6-1)46(32-19-7-2-8-20-32)41-29-37-38-30-42(47(33-21-9-3-10-22-33)34-23-11-4-12-24-34)49-44(38)45(43(37)48-41)39-27-15-13-25-35(39)36-26-14-16-28-40(36)45/h1-30H. The van der Waals surface area contributed by atoms with Crippen LogP contribution in [0.5, 0.6) is 0 Å². The molecule has 0 radical (unpaired) electrons. The second-order valence-corrected chi connectivity index (χ2v) is 14.6. The number of nitrogens with zero attached hydrogens (tertiary/aromatic N) is 2. The van der Waals surface area contributed by atoms with Gasteiger partial charge in [-0.25, -0.2) is 0 Å². The minimum absolute atomic E-state index is 0.401. The van der Waals surface area contributed by atoms with Crippen molar-refractivity contribution >= 4 is 55.4 Å². The van der Waals surface area contributed by atoms with E-state index in [9.17, 15) is 0 Å². The summed E-state index contributed by atoms with van der Waals surface area (Å²) in [6.07, 6.45) is 0. The molecule has 0 atom stereocenters. The molecule has 2 aliphatic carbocycles. The summed E-state index contributed by atoms with van der Waals surface area (Å²) in [5.41, 5.74) is 12.2. The average Bonchev–Trinajstić information content (AvgIpc) is 3.91. The normalized spacial score (nSPS) is 13.1. The highest BCUT2D eigenvalue weighted by atomic mass is 32.1. The van der Waals surface area contributed by atoms with Gasteiger partial charge in [0.15, 0.2) is 0 Å². The van der Waals surface area contributed by atoms with E-state index in [4.69, 9.17) is 0 Å². The van der Waals surface area contributed by atoms with Crippen LogP contribution in [0.2, 0.25) is 0 Å². The monoisotopic (exact) mass is 662 g/mol. The number of para-hydroxylation sites is 4. The first-order valence-corrected chi connectivity index (χ1v) is 18.2. The molecule has 0 saturated heterocycles. The van der Waals surface area contributed by atoms with Gasteiger partial charge in [-0.15, -0.1) is 22.7 Å². The highest BCUT2D eigenvalue weighted by Gasteiger charge is 2.54. The molecule has 0 amide bonds. The molecule has 0 aliphatic heterocycles. The highest BCUT2D eigenvalue weighted by molar-refractivity contribution is 7.19. The third-order valence-electron chi connectivity index (χ3n) is 9.86. The van der Waals surface area contributed by atoms with Gasteiger partial charge in [0.25, 0.3) is 0 Å². The van der Waals surface area contributed by atoms with Crippen molar-refractivity contribution in [2.24, 2.45) is 0 Å². The fourth-order valence-corrected chi connectivity index (χ4v) is 10.8. The summed E-state index contributed by atoms with van der Waals surface area (Å²) in [6, 6.07) is 66.1. The summed E-state index contributed by atoms with van der Waals surface area (Å²) in [6.45, 7) is 0. The lowest BCUT2D eigenvalue weighted by atomic mass is 9.78. The molecule has 2 aromatic heterocycles. The zero-order valence-corrected chi connectivity index (χ0v) is 28.2. The second kappa shape index (κ2) is 11.2. The van der Waals surface area contributed by atoms with Crippen molar-refractivity contribution in [2.75, 3.05) is 9.80 Å². The van der Waals surface area contributed by atoms with E-state index < -0.39 is 5.41 Å². The molecule has 0 bridgehead atoms. The van der Waals surface area contributed by atoms with E-state index in [-0.39, 0.29) is 0 Å². The van der Waals surface area contributed by atoms with Gasteiger partial charge in [0, 0.05) is 43.6 Å². The molecule has 8 aromatic rings. The highest BCUT2D eigenvalue weighted by Crippen LogP contribution is 2.68. The zero-order chi connectivity index (χ0) is 32.4. The van der Waals surface area contributed by atoms with Crippen LogP contribution in [0.25, 0.3) is 22.3 Å². The number of hydrogen-bond donors (Lipinski definition) is 0. The van der Waals surface area contributed by atoms with Crippen molar-refractivity contribution in [2.45, 2.75) is 5.41 Å². The third-order valence-corrected chi connectivity index (χ3v) is 12.3. The molecule has 4 heteroatoms. The molecule has 2 heterocycles. The van der Waals surface area contributed by atoms with Crippen LogP contribution in [0.3, 0.4) is 0 Å². The number of hydrogen-bond acceptors (Lipinski definition) is 4. The summed E-state index contributed by atoms with van der Waals surface area (Å²) < 4.78 is 0. The Morgan fingerprint density at radius 2 is 0.633 bits per heavy atom. The number of benzene rings is 6. The second-order valence-electron chi connectivity index (χ2n) is 12.5. The smallest absolute Gasteiger partial charge is 0.101 e. The van der Waals surface area contributed by atoms with Crippen molar-refractivity contribution in [1.29, 1.82) is 0 Å². The van der Waals surface area contributed by atoms with Gasteiger partial charge in [0.2, 0.25) is 0 Å². The third kappa shape index (κ3) is 4.18. The first-order valence-electron chi connectivity index (χ1n) is 16.6. The van der Waals surface area contributed by atoms with Crippen LogP contribution in [0.15, 0.2) is 182 Å². The summed E-state index contributed by atoms with van der Waals surface area (Å²) in [5, 5.41) is 2.43. The van der Waals surface area contributed by atoms with Gasteiger partial charge >= 0.3 is 0 Å². The van der Waals surface area contributed by atoms with Crippen LogP contribution in [0.1, 0.15) is 20.9 Å². The predicted molar refractivity (Wildman–Crippen MR) is 208 cm³/mol. The molecule has 6 aromatic carbocycles. The van der Waals surface area contributed by atoms with Crippen molar-refractivity contribution in [3.63, 3.8) is 0 Å².